The number of benzene rings is 1. The first-order valence-corrected chi connectivity index (χ1v) is 5.51. The molecule has 17 heavy (non-hydrogen) atoms. The number of halogens is 1. The van der Waals surface area contributed by atoms with Gasteiger partial charge in [0.2, 0.25) is 5.91 Å². The SMILES string of the molecule is COc1ccc(CNC2CNC(=O)C2)c(F)c1. The van der Waals surface area contributed by atoms with Crippen molar-refractivity contribution in [1.82, 2.24) is 10.6 Å². The lowest BCUT2D eigenvalue weighted by Crippen LogP contribution is -2.30. The van der Waals surface area contributed by atoms with Gasteiger partial charge in [0.15, 0.2) is 0 Å². The fourth-order valence-corrected chi connectivity index (χ4v) is 1.80. The molecule has 1 aromatic rings. The molecule has 1 atom stereocenters. The molecule has 2 N–H and O–H groups in total. The Hall–Kier alpha value is -1.62. The van der Waals surface area contributed by atoms with Gasteiger partial charge < -0.3 is 15.4 Å². The molecule has 0 bridgehead atoms. The highest BCUT2D eigenvalue weighted by Gasteiger charge is 2.20. The Kier molecular flexibility index (Phi) is 3.58. The van der Waals surface area contributed by atoms with Gasteiger partial charge in [0, 0.05) is 37.2 Å². The van der Waals surface area contributed by atoms with E-state index in [9.17, 15) is 9.18 Å². The third kappa shape index (κ3) is 2.94. The van der Waals surface area contributed by atoms with Gasteiger partial charge in [-0.05, 0) is 6.07 Å². The van der Waals surface area contributed by atoms with Crippen molar-refractivity contribution in [2.45, 2.75) is 19.0 Å². The van der Waals surface area contributed by atoms with Gasteiger partial charge in [0.25, 0.3) is 0 Å². The second-order valence-corrected chi connectivity index (χ2v) is 4.04. The van der Waals surface area contributed by atoms with Crippen LogP contribution in [0, 0.1) is 5.82 Å². The molecule has 5 heteroatoms. The summed E-state index contributed by atoms with van der Waals surface area (Å²) in [6.45, 7) is 1.02. The van der Waals surface area contributed by atoms with E-state index in [1.165, 1.54) is 13.2 Å². The predicted octanol–water partition coefficient (Wildman–Crippen LogP) is 0.812. The predicted molar refractivity (Wildman–Crippen MR) is 61.2 cm³/mol. The normalized spacial score (nSPS) is 19.2. The lowest BCUT2D eigenvalue weighted by Gasteiger charge is -2.11. The molecule has 1 fully saturated rings. The molecule has 1 unspecified atom stereocenters. The van der Waals surface area contributed by atoms with E-state index in [2.05, 4.69) is 10.6 Å². The number of rotatable bonds is 4. The second kappa shape index (κ2) is 5.14. The molecule has 0 aliphatic carbocycles. The smallest absolute Gasteiger partial charge is 0.221 e. The van der Waals surface area contributed by atoms with E-state index in [4.69, 9.17) is 4.74 Å². The van der Waals surface area contributed by atoms with Crippen molar-refractivity contribution in [1.29, 1.82) is 0 Å². The number of nitrogens with one attached hydrogen (secondary N) is 2. The van der Waals surface area contributed by atoms with E-state index >= 15 is 0 Å². The van der Waals surface area contributed by atoms with Crippen molar-refractivity contribution in [3.05, 3.63) is 29.6 Å². The summed E-state index contributed by atoms with van der Waals surface area (Å²) in [6, 6.07) is 4.85. The summed E-state index contributed by atoms with van der Waals surface area (Å²) in [5, 5.41) is 5.87. The Morgan fingerprint density at radius 2 is 2.41 bits per heavy atom. The average molecular weight is 238 g/mol. The average Bonchev–Trinajstić information content (AvgIpc) is 2.73. The molecule has 1 amide bonds. The maximum atomic E-state index is 13.6. The first-order valence-electron chi connectivity index (χ1n) is 5.51. The number of methoxy groups -OCH3 is 1. The number of amides is 1. The highest BCUT2D eigenvalue weighted by atomic mass is 19.1. The summed E-state index contributed by atoms with van der Waals surface area (Å²) in [5.74, 6) is 0.246. The van der Waals surface area contributed by atoms with Crippen molar-refractivity contribution >= 4 is 5.91 Å². The summed E-state index contributed by atoms with van der Waals surface area (Å²) >= 11 is 0. The van der Waals surface area contributed by atoms with Crippen molar-refractivity contribution < 1.29 is 13.9 Å². The van der Waals surface area contributed by atoms with Crippen LogP contribution in [0.25, 0.3) is 0 Å². The minimum absolute atomic E-state index is 0.0395. The molecule has 1 aliphatic rings. The van der Waals surface area contributed by atoms with Gasteiger partial charge in [-0.1, -0.05) is 6.07 Å². The molecule has 1 heterocycles. The van der Waals surface area contributed by atoms with Crippen LogP contribution in [-0.2, 0) is 11.3 Å². The zero-order chi connectivity index (χ0) is 12.3. The Labute approximate surface area is 99.2 Å². The summed E-state index contributed by atoms with van der Waals surface area (Å²) in [4.78, 5) is 11.0. The fraction of sp³-hybridized carbons (Fsp3) is 0.417. The molecule has 4 nitrogen and oxygen atoms in total. The molecular formula is C12H15FN2O2. The van der Waals surface area contributed by atoms with Crippen LogP contribution in [0.3, 0.4) is 0 Å². The van der Waals surface area contributed by atoms with Crippen LogP contribution in [0.2, 0.25) is 0 Å². The first-order chi connectivity index (χ1) is 8.19. The summed E-state index contributed by atoms with van der Waals surface area (Å²) in [7, 11) is 1.50. The zero-order valence-electron chi connectivity index (χ0n) is 9.63. The number of carbonyl (C=O) groups is 1. The molecule has 0 radical (unpaired) electrons. The van der Waals surface area contributed by atoms with E-state index in [-0.39, 0.29) is 17.8 Å². The summed E-state index contributed by atoms with van der Waals surface area (Å²) < 4.78 is 18.5. The van der Waals surface area contributed by atoms with Crippen molar-refractivity contribution in [2.75, 3.05) is 13.7 Å². The fourth-order valence-electron chi connectivity index (χ4n) is 1.80. The molecule has 1 aromatic carbocycles. The molecule has 2 rings (SSSR count). The van der Waals surface area contributed by atoms with Crippen LogP contribution in [0.4, 0.5) is 4.39 Å². The molecule has 0 saturated carbocycles. The maximum Gasteiger partial charge on any atom is 0.221 e. The minimum atomic E-state index is -0.297. The Balaban J connectivity index is 1.92. The highest BCUT2D eigenvalue weighted by Crippen LogP contribution is 2.16. The van der Waals surface area contributed by atoms with Crippen molar-refractivity contribution in [3.8, 4) is 5.75 Å². The van der Waals surface area contributed by atoms with Crippen LogP contribution in [0.5, 0.6) is 5.75 Å². The topological polar surface area (TPSA) is 50.4 Å². The van der Waals surface area contributed by atoms with Gasteiger partial charge in [0.1, 0.15) is 11.6 Å². The van der Waals surface area contributed by atoms with E-state index < -0.39 is 0 Å². The zero-order valence-corrected chi connectivity index (χ0v) is 9.63. The van der Waals surface area contributed by atoms with Crippen molar-refractivity contribution in [3.63, 3.8) is 0 Å². The highest BCUT2D eigenvalue weighted by molar-refractivity contribution is 5.78. The van der Waals surface area contributed by atoms with Crippen LogP contribution in [0.15, 0.2) is 18.2 Å². The van der Waals surface area contributed by atoms with Crippen LogP contribution >= 0.6 is 0 Å². The largest absolute Gasteiger partial charge is 0.497 e. The molecule has 1 saturated heterocycles. The van der Waals surface area contributed by atoms with E-state index in [1.54, 1.807) is 12.1 Å². The van der Waals surface area contributed by atoms with Gasteiger partial charge in [-0.2, -0.15) is 0 Å². The second-order valence-electron chi connectivity index (χ2n) is 4.04. The van der Waals surface area contributed by atoms with Crippen LogP contribution in [-0.4, -0.2) is 25.6 Å². The Bertz CT molecular complexity index is 423. The van der Waals surface area contributed by atoms with Gasteiger partial charge in [0.05, 0.1) is 7.11 Å². The molecule has 1 aliphatic heterocycles. The monoisotopic (exact) mass is 238 g/mol. The van der Waals surface area contributed by atoms with Crippen molar-refractivity contribution in [2.24, 2.45) is 0 Å². The molecule has 92 valence electrons. The standard InChI is InChI=1S/C12H15FN2O2/c1-17-10-3-2-8(11(13)5-10)6-14-9-4-12(16)15-7-9/h2-3,5,9,14H,4,6-7H2,1H3,(H,15,16). The summed E-state index contributed by atoms with van der Waals surface area (Å²) in [6.07, 6.45) is 0.456. The number of hydrogen-bond acceptors (Lipinski definition) is 3. The Morgan fingerprint density at radius 3 is 3.00 bits per heavy atom. The molecular weight excluding hydrogens is 223 g/mol. The lowest BCUT2D eigenvalue weighted by molar-refractivity contribution is -0.119. The van der Waals surface area contributed by atoms with E-state index in [1.807, 2.05) is 0 Å². The van der Waals surface area contributed by atoms with Crippen LogP contribution in [0.1, 0.15) is 12.0 Å². The number of ether oxygens (including phenoxy) is 1. The number of hydrogen-bond donors (Lipinski definition) is 2. The summed E-state index contributed by atoms with van der Waals surface area (Å²) in [5.41, 5.74) is 0.574. The third-order valence-corrected chi connectivity index (χ3v) is 2.82. The Morgan fingerprint density at radius 1 is 1.59 bits per heavy atom. The first kappa shape index (κ1) is 11.9. The third-order valence-electron chi connectivity index (χ3n) is 2.82. The van der Waals surface area contributed by atoms with Gasteiger partial charge in [-0.3, -0.25) is 4.79 Å². The van der Waals surface area contributed by atoms with E-state index in [0.717, 1.165) is 0 Å². The van der Waals surface area contributed by atoms with Crippen LogP contribution < -0.4 is 15.4 Å². The minimum Gasteiger partial charge on any atom is -0.497 e. The lowest BCUT2D eigenvalue weighted by atomic mass is 10.2. The van der Waals surface area contributed by atoms with Gasteiger partial charge in [-0.15, -0.1) is 0 Å². The number of carbonyl (C=O) groups excluding carboxylic acids is 1. The van der Waals surface area contributed by atoms with Gasteiger partial charge in [-0.25, -0.2) is 4.39 Å². The molecule has 0 spiro atoms. The maximum absolute atomic E-state index is 13.6. The molecule has 0 aromatic heterocycles. The van der Waals surface area contributed by atoms with E-state index in [0.29, 0.717) is 30.8 Å². The van der Waals surface area contributed by atoms with Gasteiger partial charge >= 0.3 is 0 Å². The quantitative estimate of drug-likeness (QED) is 0.816.